The topological polar surface area (TPSA) is 56.0 Å². The first-order chi connectivity index (χ1) is 9.61. The van der Waals surface area contributed by atoms with Gasteiger partial charge in [-0.1, -0.05) is 0 Å². The molecule has 0 saturated carbocycles. The van der Waals surface area contributed by atoms with E-state index in [1.54, 1.807) is 13.2 Å². The van der Waals surface area contributed by atoms with Gasteiger partial charge in [-0.15, -0.1) is 0 Å². The molecule has 0 bridgehead atoms. The standard InChI is InChI=1S/C14H19N5O/c1-11-7-15-19(8-11)13-4-6-18(10-13)9-12-3-5-17(2)14(20)16-12/h3,5,7-8,13H,4,6,9-10H2,1-2H3. The second kappa shape index (κ2) is 5.20. The Hall–Kier alpha value is -1.95. The number of aryl methyl sites for hydroxylation is 2. The minimum Gasteiger partial charge on any atom is -0.302 e. The summed E-state index contributed by atoms with van der Waals surface area (Å²) < 4.78 is 3.54. The lowest BCUT2D eigenvalue weighted by atomic mass is 10.3. The zero-order chi connectivity index (χ0) is 14.1. The van der Waals surface area contributed by atoms with E-state index >= 15 is 0 Å². The van der Waals surface area contributed by atoms with Crippen LogP contribution in [0.4, 0.5) is 0 Å². The Morgan fingerprint density at radius 1 is 1.45 bits per heavy atom. The SMILES string of the molecule is Cc1cnn(C2CCN(Cc3ccn(C)c(=O)n3)C2)c1. The van der Waals surface area contributed by atoms with Gasteiger partial charge in [-0.25, -0.2) is 4.79 Å². The lowest BCUT2D eigenvalue weighted by molar-refractivity contribution is 0.307. The molecule has 1 saturated heterocycles. The van der Waals surface area contributed by atoms with Crippen LogP contribution in [0.3, 0.4) is 0 Å². The molecule has 6 heteroatoms. The van der Waals surface area contributed by atoms with Crippen molar-refractivity contribution in [1.29, 1.82) is 0 Å². The molecule has 1 aliphatic heterocycles. The van der Waals surface area contributed by atoms with E-state index in [-0.39, 0.29) is 5.69 Å². The van der Waals surface area contributed by atoms with E-state index in [2.05, 4.69) is 28.1 Å². The summed E-state index contributed by atoms with van der Waals surface area (Å²) in [7, 11) is 1.71. The lowest BCUT2D eigenvalue weighted by Gasteiger charge is -2.15. The molecular weight excluding hydrogens is 254 g/mol. The molecule has 3 rings (SSSR count). The van der Waals surface area contributed by atoms with Crippen LogP contribution in [0.25, 0.3) is 0 Å². The van der Waals surface area contributed by atoms with Crippen LogP contribution in [-0.4, -0.2) is 37.3 Å². The third-order valence-electron chi connectivity index (χ3n) is 3.77. The highest BCUT2D eigenvalue weighted by atomic mass is 16.1. The van der Waals surface area contributed by atoms with E-state index in [4.69, 9.17) is 0 Å². The highest BCUT2D eigenvalue weighted by molar-refractivity contribution is 5.02. The van der Waals surface area contributed by atoms with Crippen LogP contribution < -0.4 is 5.69 Å². The third-order valence-corrected chi connectivity index (χ3v) is 3.77. The van der Waals surface area contributed by atoms with E-state index < -0.39 is 0 Å². The van der Waals surface area contributed by atoms with Gasteiger partial charge < -0.3 is 4.57 Å². The number of aromatic nitrogens is 4. The van der Waals surface area contributed by atoms with Gasteiger partial charge in [0.25, 0.3) is 0 Å². The van der Waals surface area contributed by atoms with Gasteiger partial charge in [0.1, 0.15) is 0 Å². The van der Waals surface area contributed by atoms with Crippen LogP contribution in [0, 0.1) is 6.92 Å². The molecule has 1 fully saturated rings. The van der Waals surface area contributed by atoms with Crippen molar-refractivity contribution in [3.05, 3.63) is 46.4 Å². The van der Waals surface area contributed by atoms with Crippen LogP contribution >= 0.6 is 0 Å². The molecule has 0 radical (unpaired) electrons. The molecule has 0 spiro atoms. The lowest BCUT2D eigenvalue weighted by Crippen LogP contribution is -2.26. The summed E-state index contributed by atoms with van der Waals surface area (Å²) in [5.41, 5.74) is 1.84. The number of rotatable bonds is 3. The zero-order valence-electron chi connectivity index (χ0n) is 11.9. The van der Waals surface area contributed by atoms with Crippen molar-refractivity contribution < 1.29 is 0 Å². The summed E-state index contributed by atoms with van der Waals surface area (Å²) >= 11 is 0. The van der Waals surface area contributed by atoms with Crippen molar-refractivity contribution in [3.8, 4) is 0 Å². The van der Waals surface area contributed by atoms with Gasteiger partial charge in [-0.2, -0.15) is 10.1 Å². The van der Waals surface area contributed by atoms with E-state index in [0.717, 1.165) is 31.7 Å². The molecule has 6 nitrogen and oxygen atoms in total. The molecular formula is C14H19N5O. The quantitative estimate of drug-likeness (QED) is 0.827. The average molecular weight is 273 g/mol. The molecule has 1 atom stereocenters. The fourth-order valence-electron chi connectivity index (χ4n) is 2.62. The predicted molar refractivity (Wildman–Crippen MR) is 75.4 cm³/mol. The van der Waals surface area contributed by atoms with Crippen molar-refractivity contribution in [2.24, 2.45) is 7.05 Å². The van der Waals surface area contributed by atoms with Crippen LogP contribution in [0.5, 0.6) is 0 Å². The second-order valence-corrected chi connectivity index (χ2v) is 5.49. The molecule has 0 aliphatic carbocycles. The highest BCUT2D eigenvalue weighted by Crippen LogP contribution is 2.22. The van der Waals surface area contributed by atoms with Gasteiger partial charge in [0.05, 0.1) is 17.9 Å². The molecule has 106 valence electrons. The van der Waals surface area contributed by atoms with E-state index in [0.29, 0.717) is 6.04 Å². The Balaban J connectivity index is 1.65. The normalized spacial score (nSPS) is 19.6. The minimum atomic E-state index is -0.194. The minimum absolute atomic E-state index is 0.194. The molecule has 0 N–H and O–H groups in total. The maximum atomic E-state index is 11.5. The van der Waals surface area contributed by atoms with Gasteiger partial charge in [0.2, 0.25) is 0 Å². The molecule has 1 aliphatic rings. The van der Waals surface area contributed by atoms with Crippen molar-refractivity contribution in [3.63, 3.8) is 0 Å². The number of hydrogen-bond donors (Lipinski definition) is 0. The number of likely N-dealkylation sites (tertiary alicyclic amines) is 1. The Bertz CT molecular complexity index is 660. The van der Waals surface area contributed by atoms with Crippen molar-refractivity contribution in [2.75, 3.05) is 13.1 Å². The predicted octanol–water partition coefficient (Wildman–Crippen LogP) is 0.732. The van der Waals surface area contributed by atoms with Crippen molar-refractivity contribution >= 4 is 0 Å². The molecule has 0 aromatic carbocycles. The maximum absolute atomic E-state index is 11.5. The fraction of sp³-hybridized carbons (Fsp3) is 0.500. The van der Waals surface area contributed by atoms with Crippen LogP contribution in [0.1, 0.15) is 23.7 Å². The van der Waals surface area contributed by atoms with Gasteiger partial charge in [-0.05, 0) is 25.0 Å². The number of nitrogens with zero attached hydrogens (tertiary/aromatic N) is 5. The smallest absolute Gasteiger partial charge is 0.302 e. The van der Waals surface area contributed by atoms with Gasteiger partial charge >= 0.3 is 5.69 Å². The molecule has 0 amide bonds. The third kappa shape index (κ3) is 2.65. The summed E-state index contributed by atoms with van der Waals surface area (Å²) in [6.07, 6.45) is 6.84. The zero-order valence-corrected chi connectivity index (χ0v) is 11.9. The fourth-order valence-corrected chi connectivity index (χ4v) is 2.62. The van der Waals surface area contributed by atoms with Gasteiger partial charge in [0, 0.05) is 39.1 Å². The Kier molecular flexibility index (Phi) is 3.40. The Morgan fingerprint density at radius 3 is 3.00 bits per heavy atom. The van der Waals surface area contributed by atoms with Crippen LogP contribution in [0.2, 0.25) is 0 Å². The summed E-state index contributed by atoms with van der Waals surface area (Å²) in [4.78, 5) is 17.9. The summed E-state index contributed by atoms with van der Waals surface area (Å²) in [5, 5.41) is 4.39. The largest absolute Gasteiger partial charge is 0.347 e. The molecule has 2 aromatic heterocycles. The first-order valence-corrected chi connectivity index (χ1v) is 6.87. The molecule has 2 aromatic rings. The van der Waals surface area contributed by atoms with Crippen molar-refractivity contribution in [1.82, 2.24) is 24.2 Å². The van der Waals surface area contributed by atoms with E-state index in [1.807, 2.05) is 16.9 Å². The van der Waals surface area contributed by atoms with Crippen molar-refractivity contribution in [2.45, 2.75) is 25.9 Å². The second-order valence-electron chi connectivity index (χ2n) is 5.49. The summed E-state index contributed by atoms with van der Waals surface area (Å²) in [6.45, 7) is 4.76. The number of hydrogen-bond acceptors (Lipinski definition) is 4. The molecule has 20 heavy (non-hydrogen) atoms. The summed E-state index contributed by atoms with van der Waals surface area (Å²) in [6, 6.07) is 2.34. The first-order valence-electron chi connectivity index (χ1n) is 6.87. The maximum Gasteiger partial charge on any atom is 0.347 e. The van der Waals surface area contributed by atoms with Crippen LogP contribution in [-0.2, 0) is 13.6 Å². The molecule has 3 heterocycles. The van der Waals surface area contributed by atoms with E-state index in [9.17, 15) is 4.79 Å². The Morgan fingerprint density at radius 2 is 2.30 bits per heavy atom. The average Bonchev–Trinajstić information content (AvgIpc) is 3.03. The summed E-state index contributed by atoms with van der Waals surface area (Å²) in [5.74, 6) is 0. The van der Waals surface area contributed by atoms with Gasteiger partial charge in [-0.3, -0.25) is 9.58 Å². The first kappa shape index (κ1) is 13.1. The van der Waals surface area contributed by atoms with Crippen LogP contribution in [0.15, 0.2) is 29.5 Å². The molecule has 1 unspecified atom stereocenters. The Labute approximate surface area is 117 Å². The van der Waals surface area contributed by atoms with Gasteiger partial charge in [0.15, 0.2) is 0 Å². The van der Waals surface area contributed by atoms with E-state index in [1.165, 1.54) is 10.1 Å². The monoisotopic (exact) mass is 273 g/mol. The highest BCUT2D eigenvalue weighted by Gasteiger charge is 2.24.